The first-order chi connectivity index (χ1) is 9.20. The Balaban J connectivity index is 2.09. The highest BCUT2D eigenvalue weighted by Gasteiger charge is 2.06. The normalized spacial score (nSPS) is 12.2. The predicted octanol–water partition coefficient (Wildman–Crippen LogP) is 4.31. The Labute approximate surface area is 122 Å². The summed E-state index contributed by atoms with van der Waals surface area (Å²) in [5.41, 5.74) is 1.02. The van der Waals surface area contributed by atoms with Crippen molar-refractivity contribution < 1.29 is 4.74 Å². The summed E-state index contributed by atoms with van der Waals surface area (Å²) < 4.78 is 6.70. The van der Waals surface area contributed by atoms with Gasteiger partial charge in [0.15, 0.2) is 0 Å². The van der Waals surface area contributed by atoms with E-state index in [1.54, 1.807) is 6.20 Å². The summed E-state index contributed by atoms with van der Waals surface area (Å²) in [7, 11) is 0. The molecule has 0 fully saturated rings. The molecule has 19 heavy (non-hydrogen) atoms. The van der Waals surface area contributed by atoms with Gasteiger partial charge in [-0.25, -0.2) is 0 Å². The molecular weight excluding hydrogens is 304 g/mol. The van der Waals surface area contributed by atoms with Crippen molar-refractivity contribution in [2.45, 2.75) is 19.9 Å². The third kappa shape index (κ3) is 3.78. The number of rotatable bonds is 5. The Morgan fingerprint density at radius 1 is 1.26 bits per heavy atom. The van der Waals surface area contributed by atoms with Crippen LogP contribution in [0.25, 0.3) is 0 Å². The van der Waals surface area contributed by atoms with Gasteiger partial charge in [-0.3, -0.25) is 4.98 Å². The second-order valence-electron chi connectivity index (χ2n) is 4.23. The van der Waals surface area contributed by atoms with Crippen molar-refractivity contribution in [3.8, 4) is 11.5 Å². The zero-order chi connectivity index (χ0) is 13.7. The van der Waals surface area contributed by atoms with Crippen LogP contribution in [0.4, 0.5) is 0 Å². The molecule has 2 rings (SSSR count). The van der Waals surface area contributed by atoms with Crippen molar-refractivity contribution in [3.05, 3.63) is 52.8 Å². The molecule has 0 bridgehead atoms. The average molecular weight is 321 g/mol. The number of para-hydroxylation sites is 1. The van der Waals surface area contributed by atoms with E-state index in [9.17, 15) is 0 Å². The summed E-state index contributed by atoms with van der Waals surface area (Å²) in [5, 5.41) is 3.33. The second-order valence-corrected chi connectivity index (χ2v) is 5.08. The van der Waals surface area contributed by atoms with E-state index in [-0.39, 0.29) is 6.04 Å². The molecular formula is C15H17BrN2O. The number of nitrogens with zero attached hydrogens (tertiary/aromatic N) is 1. The molecule has 1 unspecified atom stereocenters. The number of pyridine rings is 1. The van der Waals surface area contributed by atoms with Crippen molar-refractivity contribution in [2.24, 2.45) is 0 Å². The molecule has 0 amide bonds. The van der Waals surface area contributed by atoms with Gasteiger partial charge in [-0.15, -0.1) is 0 Å². The standard InChI is InChI=1S/C15H17BrN2O/c1-3-17-11(2)14-9-8-12(10-18-14)19-15-7-5-4-6-13(15)16/h4-11,17H,3H2,1-2H3. The molecule has 0 aliphatic carbocycles. The van der Waals surface area contributed by atoms with Crippen LogP contribution in [0.5, 0.6) is 11.5 Å². The molecule has 1 aromatic heterocycles. The maximum absolute atomic E-state index is 5.77. The molecule has 1 atom stereocenters. The van der Waals surface area contributed by atoms with Crippen molar-refractivity contribution >= 4 is 15.9 Å². The number of hydrogen-bond acceptors (Lipinski definition) is 3. The van der Waals surface area contributed by atoms with Gasteiger partial charge in [0.2, 0.25) is 0 Å². The molecule has 0 aliphatic heterocycles. The van der Waals surface area contributed by atoms with Gasteiger partial charge in [0.25, 0.3) is 0 Å². The van der Waals surface area contributed by atoms with Crippen molar-refractivity contribution in [2.75, 3.05) is 6.54 Å². The lowest BCUT2D eigenvalue weighted by molar-refractivity contribution is 0.475. The van der Waals surface area contributed by atoms with E-state index in [2.05, 4.69) is 40.1 Å². The van der Waals surface area contributed by atoms with Gasteiger partial charge >= 0.3 is 0 Å². The second kappa shape index (κ2) is 6.68. The largest absolute Gasteiger partial charge is 0.455 e. The first kappa shape index (κ1) is 14.0. The third-order valence-corrected chi connectivity index (χ3v) is 3.43. The lowest BCUT2D eigenvalue weighted by atomic mass is 10.2. The zero-order valence-electron chi connectivity index (χ0n) is 11.1. The Morgan fingerprint density at radius 3 is 2.68 bits per heavy atom. The molecule has 1 heterocycles. The van der Waals surface area contributed by atoms with Crippen molar-refractivity contribution in [3.63, 3.8) is 0 Å². The molecule has 100 valence electrons. The van der Waals surface area contributed by atoms with Gasteiger partial charge in [0.1, 0.15) is 11.5 Å². The molecule has 0 spiro atoms. The van der Waals surface area contributed by atoms with Gasteiger partial charge < -0.3 is 10.1 Å². The Kier molecular flexibility index (Phi) is 4.93. The van der Waals surface area contributed by atoms with Gasteiger partial charge in [-0.2, -0.15) is 0 Å². The van der Waals surface area contributed by atoms with Crippen LogP contribution < -0.4 is 10.1 Å². The summed E-state index contributed by atoms with van der Waals surface area (Å²) >= 11 is 3.46. The van der Waals surface area contributed by atoms with E-state index in [1.165, 1.54) is 0 Å². The first-order valence-electron chi connectivity index (χ1n) is 6.32. The van der Waals surface area contributed by atoms with Crippen LogP contribution in [-0.4, -0.2) is 11.5 Å². The number of aromatic nitrogens is 1. The molecule has 1 aromatic carbocycles. The average Bonchev–Trinajstić information content (AvgIpc) is 2.42. The van der Waals surface area contributed by atoms with Gasteiger partial charge in [0, 0.05) is 6.04 Å². The fourth-order valence-electron chi connectivity index (χ4n) is 1.77. The predicted molar refractivity (Wildman–Crippen MR) is 80.5 cm³/mol. The molecule has 4 heteroatoms. The molecule has 0 radical (unpaired) electrons. The molecule has 2 aromatic rings. The van der Waals surface area contributed by atoms with E-state index in [4.69, 9.17) is 4.74 Å². The summed E-state index contributed by atoms with van der Waals surface area (Å²) in [4.78, 5) is 4.42. The lowest BCUT2D eigenvalue weighted by Gasteiger charge is -2.12. The smallest absolute Gasteiger partial charge is 0.145 e. The van der Waals surface area contributed by atoms with E-state index in [0.717, 1.165) is 28.2 Å². The zero-order valence-corrected chi connectivity index (χ0v) is 12.6. The van der Waals surface area contributed by atoms with E-state index < -0.39 is 0 Å². The highest BCUT2D eigenvalue weighted by atomic mass is 79.9. The van der Waals surface area contributed by atoms with Crippen LogP contribution in [0.1, 0.15) is 25.6 Å². The van der Waals surface area contributed by atoms with Crippen LogP contribution >= 0.6 is 15.9 Å². The van der Waals surface area contributed by atoms with Crippen molar-refractivity contribution in [1.29, 1.82) is 0 Å². The first-order valence-corrected chi connectivity index (χ1v) is 7.11. The van der Waals surface area contributed by atoms with Crippen LogP contribution in [-0.2, 0) is 0 Å². The maximum Gasteiger partial charge on any atom is 0.145 e. The number of nitrogens with one attached hydrogen (secondary N) is 1. The minimum atomic E-state index is 0.252. The number of halogens is 1. The molecule has 0 aliphatic rings. The number of hydrogen-bond donors (Lipinski definition) is 1. The van der Waals surface area contributed by atoms with Crippen LogP contribution in [0, 0.1) is 0 Å². The third-order valence-electron chi connectivity index (χ3n) is 2.78. The number of benzene rings is 1. The monoisotopic (exact) mass is 320 g/mol. The SMILES string of the molecule is CCNC(C)c1ccc(Oc2ccccc2Br)cn1. The summed E-state index contributed by atoms with van der Waals surface area (Å²) in [6.45, 7) is 5.11. The topological polar surface area (TPSA) is 34.1 Å². The highest BCUT2D eigenvalue weighted by Crippen LogP contribution is 2.29. The maximum atomic E-state index is 5.77. The Morgan fingerprint density at radius 2 is 2.05 bits per heavy atom. The van der Waals surface area contributed by atoms with Gasteiger partial charge in [0.05, 0.1) is 16.4 Å². The molecule has 0 saturated carbocycles. The lowest BCUT2D eigenvalue weighted by Crippen LogP contribution is -2.18. The van der Waals surface area contributed by atoms with Crippen molar-refractivity contribution in [1.82, 2.24) is 10.3 Å². The molecule has 1 N–H and O–H groups in total. The summed E-state index contributed by atoms with van der Waals surface area (Å²) in [6, 6.07) is 11.9. The van der Waals surface area contributed by atoms with Gasteiger partial charge in [-0.05, 0) is 53.7 Å². The quantitative estimate of drug-likeness (QED) is 0.891. The minimum absolute atomic E-state index is 0.252. The van der Waals surface area contributed by atoms with Crippen LogP contribution in [0.15, 0.2) is 47.1 Å². The molecule has 0 saturated heterocycles. The van der Waals surface area contributed by atoms with E-state index in [0.29, 0.717) is 0 Å². The summed E-state index contributed by atoms with van der Waals surface area (Å²) in [6.07, 6.45) is 1.75. The highest BCUT2D eigenvalue weighted by molar-refractivity contribution is 9.10. The van der Waals surface area contributed by atoms with Crippen LogP contribution in [0.3, 0.4) is 0 Å². The van der Waals surface area contributed by atoms with Crippen LogP contribution in [0.2, 0.25) is 0 Å². The molecule has 3 nitrogen and oxygen atoms in total. The summed E-state index contributed by atoms with van der Waals surface area (Å²) in [5.74, 6) is 1.52. The Bertz CT molecular complexity index is 528. The van der Waals surface area contributed by atoms with Gasteiger partial charge in [-0.1, -0.05) is 19.1 Å². The fraction of sp³-hybridized carbons (Fsp3) is 0.267. The van der Waals surface area contributed by atoms with E-state index >= 15 is 0 Å². The number of ether oxygens (including phenoxy) is 1. The van der Waals surface area contributed by atoms with E-state index in [1.807, 2.05) is 36.4 Å². The fourth-order valence-corrected chi connectivity index (χ4v) is 2.14. The Hall–Kier alpha value is -1.39. The minimum Gasteiger partial charge on any atom is -0.455 e.